The van der Waals surface area contributed by atoms with Crippen molar-refractivity contribution in [2.45, 2.75) is 13.8 Å². The lowest BCUT2D eigenvalue weighted by Crippen LogP contribution is -2.22. The molecule has 134 valence electrons. The van der Waals surface area contributed by atoms with Crippen molar-refractivity contribution in [3.05, 3.63) is 83.3 Å². The van der Waals surface area contributed by atoms with Gasteiger partial charge in [0.2, 0.25) is 0 Å². The second-order valence-electron chi connectivity index (χ2n) is 6.54. The zero-order chi connectivity index (χ0) is 19.0. The third kappa shape index (κ3) is 3.15. The summed E-state index contributed by atoms with van der Waals surface area (Å²) in [5, 5.41) is 4.74. The van der Waals surface area contributed by atoms with Crippen LogP contribution >= 0.6 is 0 Å². The molecular weight excluding hydrogens is 338 g/mol. The molecule has 0 bridgehead atoms. The van der Waals surface area contributed by atoms with Crippen molar-refractivity contribution in [1.82, 2.24) is 15.2 Å². The minimum absolute atomic E-state index is 0.264. The predicted molar refractivity (Wildman–Crippen MR) is 105 cm³/mol. The van der Waals surface area contributed by atoms with Crippen LogP contribution in [-0.4, -0.2) is 16.5 Å². The second-order valence-corrected chi connectivity index (χ2v) is 6.54. The minimum atomic E-state index is -0.489. The lowest BCUT2D eigenvalue weighted by molar-refractivity contribution is -0.115. The molecule has 3 amide bonds. The molecule has 0 saturated carbocycles. The van der Waals surface area contributed by atoms with Crippen molar-refractivity contribution in [3.63, 3.8) is 0 Å². The van der Waals surface area contributed by atoms with Crippen LogP contribution in [0.15, 0.2) is 66.4 Å². The molecule has 0 spiro atoms. The smallest absolute Gasteiger partial charge is 0.318 e. The van der Waals surface area contributed by atoms with Gasteiger partial charge in [-0.1, -0.05) is 42.5 Å². The fraction of sp³-hybridized carbons (Fsp3) is 0.0909. The molecule has 3 aromatic rings. The van der Waals surface area contributed by atoms with E-state index in [-0.39, 0.29) is 5.70 Å². The molecule has 2 N–H and O–H groups in total. The quantitative estimate of drug-likeness (QED) is 0.551. The van der Waals surface area contributed by atoms with Crippen LogP contribution < -0.4 is 10.6 Å². The molecule has 0 aliphatic carbocycles. The summed E-state index contributed by atoms with van der Waals surface area (Å²) in [4.78, 5) is 23.1. The molecule has 1 aromatic heterocycles. The van der Waals surface area contributed by atoms with Crippen LogP contribution in [-0.2, 0) is 4.79 Å². The maximum Gasteiger partial charge on any atom is 0.326 e. The Morgan fingerprint density at radius 2 is 1.52 bits per heavy atom. The Bertz CT molecular complexity index is 1060. The minimum Gasteiger partial charge on any atom is -0.318 e. The molecule has 4 rings (SSSR count). The maximum atomic E-state index is 11.8. The van der Waals surface area contributed by atoms with Crippen LogP contribution in [0.5, 0.6) is 0 Å². The largest absolute Gasteiger partial charge is 0.326 e. The number of aromatic nitrogens is 1. The molecule has 1 aliphatic heterocycles. The van der Waals surface area contributed by atoms with Crippen molar-refractivity contribution in [2.75, 3.05) is 0 Å². The highest BCUT2D eigenvalue weighted by Gasteiger charge is 2.23. The van der Waals surface area contributed by atoms with E-state index in [9.17, 15) is 9.59 Å². The van der Waals surface area contributed by atoms with E-state index in [1.807, 2.05) is 38.1 Å². The molecule has 1 aliphatic rings. The van der Waals surface area contributed by atoms with Crippen LogP contribution in [0.1, 0.15) is 17.0 Å². The summed E-state index contributed by atoms with van der Waals surface area (Å²) in [6, 6.07) is 20.1. The zero-order valence-electron chi connectivity index (χ0n) is 15.1. The fourth-order valence-corrected chi connectivity index (χ4v) is 3.40. The zero-order valence-corrected chi connectivity index (χ0v) is 15.1. The molecule has 2 aromatic carbocycles. The summed E-state index contributed by atoms with van der Waals surface area (Å²) in [6.07, 6.45) is 1.71. The van der Waals surface area contributed by atoms with Gasteiger partial charge in [0, 0.05) is 17.1 Å². The molecule has 1 fully saturated rings. The van der Waals surface area contributed by atoms with Crippen LogP contribution in [0.2, 0.25) is 0 Å². The standard InChI is InChI=1S/C22H19N3O2/c1-14-12-18(13-20-21(26)24-22(27)23-20)15(2)25(14)19-10-8-17(9-11-19)16-6-4-3-5-7-16/h3-13H,1-2H3,(H2,23,24,26,27)/b20-13-. The van der Waals surface area contributed by atoms with E-state index in [1.165, 1.54) is 5.56 Å². The van der Waals surface area contributed by atoms with Gasteiger partial charge in [-0.3, -0.25) is 10.1 Å². The molecule has 2 heterocycles. The van der Waals surface area contributed by atoms with Gasteiger partial charge in [0.15, 0.2) is 0 Å². The molecule has 1 saturated heterocycles. The first-order valence-corrected chi connectivity index (χ1v) is 8.72. The summed E-state index contributed by atoms with van der Waals surface area (Å²) >= 11 is 0. The number of rotatable bonds is 3. The van der Waals surface area contributed by atoms with Gasteiger partial charge in [-0.2, -0.15) is 0 Å². The normalized spacial score (nSPS) is 15.1. The van der Waals surface area contributed by atoms with Crippen molar-refractivity contribution >= 4 is 18.0 Å². The van der Waals surface area contributed by atoms with Gasteiger partial charge in [0.25, 0.3) is 5.91 Å². The van der Waals surface area contributed by atoms with Gasteiger partial charge in [0.1, 0.15) is 5.70 Å². The monoisotopic (exact) mass is 357 g/mol. The molecule has 0 atom stereocenters. The van der Waals surface area contributed by atoms with E-state index in [4.69, 9.17) is 0 Å². The first-order valence-electron chi connectivity index (χ1n) is 8.72. The van der Waals surface area contributed by atoms with Crippen LogP contribution in [0, 0.1) is 13.8 Å². The summed E-state index contributed by atoms with van der Waals surface area (Å²) < 4.78 is 2.13. The number of hydrogen-bond acceptors (Lipinski definition) is 2. The van der Waals surface area contributed by atoms with E-state index >= 15 is 0 Å². The number of nitrogens with zero attached hydrogens (tertiary/aromatic N) is 1. The molecule has 0 unspecified atom stereocenters. The second kappa shape index (κ2) is 6.61. The third-order valence-electron chi connectivity index (χ3n) is 4.72. The number of amides is 3. The lowest BCUT2D eigenvalue weighted by Gasteiger charge is -2.11. The summed E-state index contributed by atoms with van der Waals surface area (Å²) in [6.45, 7) is 4.02. The molecule has 5 nitrogen and oxygen atoms in total. The summed E-state index contributed by atoms with van der Waals surface area (Å²) in [5.41, 5.74) is 6.60. The number of aryl methyl sites for hydroxylation is 1. The Morgan fingerprint density at radius 1 is 0.852 bits per heavy atom. The Hall–Kier alpha value is -3.60. The van der Waals surface area contributed by atoms with Gasteiger partial charge in [-0.15, -0.1) is 0 Å². The first kappa shape index (κ1) is 16.8. The highest BCUT2D eigenvalue weighted by Crippen LogP contribution is 2.25. The number of benzene rings is 2. The lowest BCUT2D eigenvalue weighted by atomic mass is 10.1. The number of hydrogen-bond donors (Lipinski definition) is 2. The molecule has 5 heteroatoms. The Labute approximate surface area is 157 Å². The van der Waals surface area contributed by atoms with Crippen LogP contribution in [0.3, 0.4) is 0 Å². The van der Waals surface area contributed by atoms with Crippen molar-refractivity contribution < 1.29 is 9.59 Å². The fourth-order valence-electron chi connectivity index (χ4n) is 3.40. The number of imide groups is 1. The van der Waals surface area contributed by atoms with Gasteiger partial charge in [-0.25, -0.2) is 4.79 Å². The van der Waals surface area contributed by atoms with Crippen molar-refractivity contribution in [3.8, 4) is 16.8 Å². The van der Waals surface area contributed by atoms with Crippen LogP contribution in [0.25, 0.3) is 22.9 Å². The average Bonchev–Trinajstić information content (AvgIpc) is 3.13. The molecule has 27 heavy (non-hydrogen) atoms. The number of nitrogens with one attached hydrogen (secondary N) is 2. The Morgan fingerprint density at radius 3 is 2.15 bits per heavy atom. The SMILES string of the molecule is Cc1cc(/C=C2\NC(=O)NC2=O)c(C)n1-c1ccc(-c2ccccc2)cc1. The molecule has 0 radical (unpaired) electrons. The van der Waals surface area contributed by atoms with Gasteiger partial charge in [0.05, 0.1) is 0 Å². The van der Waals surface area contributed by atoms with E-state index in [0.29, 0.717) is 0 Å². The van der Waals surface area contributed by atoms with Crippen molar-refractivity contribution in [1.29, 1.82) is 0 Å². The van der Waals surface area contributed by atoms with E-state index in [1.54, 1.807) is 6.08 Å². The topological polar surface area (TPSA) is 63.1 Å². The summed E-state index contributed by atoms with van der Waals surface area (Å²) in [7, 11) is 0. The maximum absolute atomic E-state index is 11.8. The van der Waals surface area contributed by atoms with E-state index in [2.05, 4.69) is 51.6 Å². The number of carbonyl (C=O) groups is 2. The number of carbonyl (C=O) groups excluding carboxylic acids is 2. The van der Waals surface area contributed by atoms with Gasteiger partial charge >= 0.3 is 6.03 Å². The Kier molecular flexibility index (Phi) is 4.12. The number of urea groups is 1. The average molecular weight is 357 g/mol. The third-order valence-corrected chi connectivity index (χ3v) is 4.72. The van der Waals surface area contributed by atoms with Gasteiger partial charge < -0.3 is 9.88 Å². The van der Waals surface area contributed by atoms with Crippen LogP contribution in [0.4, 0.5) is 4.79 Å². The highest BCUT2D eigenvalue weighted by molar-refractivity contribution is 6.14. The first-order chi connectivity index (χ1) is 13.0. The van der Waals surface area contributed by atoms with E-state index < -0.39 is 11.9 Å². The van der Waals surface area contributed by atoms with Crippen molar-refractivity contribution in [2.24, 2.45) is 0 Å². The van der Waals surface area contributed by atoms with Gasteiger partial charge in [-0.05, 0) is 54.8 Å². The highest BCUT2D eigenvalue weighted by atomic mass is 16.2. The predicted octanol–water partition coefficient (Wildman–Crippen LogP) is 3.94. The van der Waals surface area contributed by atoms with E-state index in [0.717, 1.165) is 28.2 Å². The summed E-state index contributed by atoms with van der Waals surface area (Å²) in [5.74, 6) is -0.406. The molecular formula is C22H19N3O2. The Balaban J connectivity index is 1.69.